The number of nitrogens with one attached hydrogen (secondary N) is 2. The highest BCUT2D eigenvalue weighted by Gasteiger charge is 2.38. The van der Waals surface area contributed by atoms with Crippen LogP contribution in [0.4, 0.5) is 0 Å². The summed E-state index contributed by atoms with van der Waals surface area (Å²) in [5.74, 6) is -1.10. The lowest BCUT2D eigenvalue weighted by atomic mass is 9.64. The van der Waals surface area contributed by atoms with Gasteiger partial charge in [0.1, 0.15) is 11.8 Å². The molecule has 0 saturated heterocycles. The van der Waals surface area contributed by atoms with Crippen molar-refractivity contribution in [3.8, 4) is 5.75 Å². The summed E-state index contributed by atoms with van der Waals surface area (Å²) in [5.41, 5.74) is 1.10. The van der Waals surface area contributed by atoms with Gasteiger partial charge in [0.05, 0.1) is 12.0 Å². The number of benzene rings is 2. The number of rotatable bonds is 11. The molecule has 0 unspecified atom stereocenters. The summed E-state index contributed by atoms with van der Waals surface area (Å²) < 4.78 is 38.1. The van der Waals surface area contributed by atoms with Crippen molar-refractivity contribution in [3.63, 3.8) is 0 Å². The lowest BCUT2D eigenvalue weighted by Crippen LogP contribution is -2.48. The van der Waals surface area contributed by atoms with Gasteiger partial charge in [0, 0.05) is 12.0 Å². The molecule has 1 fully saturated rings. The van der Waals surface area contributed by atoms with Gasteiger partial charge in [0.15, 0.2) is 6.61 Å². The topological polar surface area (TPSA) is 111 Å². The largest absolute Gasteiger partial charge is 0.497 e. The minimum atomic E-state index is -3.98. The number of sulfonamides is 1. The first kappa shape index (κ1) is 25.7. The number of ether oxygens (including phenoxy) is 2. The highest BCUT2D eigenvalue weighted by atomic mass is 32.2. The monoisotopic (exact) mass is 488 g/mol. The van der Waals surface area contributed by atoms with Crippen LogP contribution >= 0.6 is 0 Å². The molecule has 0 aromatic heterocycles. The van der Waals surface area contributed by atoms with Crippen molar-refractivity contribution >= 4 is 21.9 Å². The zero-order valence-electron chi connectivity index (χ0n) is 19.7. The molecule has 0 heterocycles. The van der Waals surface area contributed by atoms with Gasteiger partial charge in [-0.3, -0.25) is 9.59 Å². The molecular weight excluding hydrogens is 456 g/mol. The summed E-state index contributed by atoms with van der Waals surface area (Å²) >= 11 is 0. The average Bonchev–Trinajstić information content (AvgIpc) is 2.81. The predicted octanol–water partition coefficient (Wildman–Crippen LogP) is 2.78. The molecule has 0 aliphatic heterocycles. The van der Waals surface area contributed by atoms with Crippen LogP contribution in [0.15, 0.2) is 59.5 Å². The molecule has 34 heavy (non-hydrogen) atoms. The highest BCUT2D eigenvalue weighted by molar-refractivity contribution is 7.89. The Balaban J connectivity index is 1.55. The van der Waals surface area contributed by atoms with E-state index in [4.69, 9.17) is 9.47 Å². The summed E-state index contributed by atoms with van der Waals surface area (Å²) in [6.45, 7) is 3.38. The minimum absolute atomic E-state index is 0.00352. The zero-order valence-corrected chi connectivity index (χ0v) is 20.6. The van der Waals surface area contributed by atoms with Crippen molar-refractivity contribution in [2.45, 2.75) is 49.5 Å². The van der Waals surface area contributed by atoms with Gasteiger partial charge in [-0.15, -0.1) is 0 Å². The van der Waals surface area contributed by atoms with Gasteiger partial charge in [0.25, 0.3) is 5.91 Å². The average molecular weight is 489 g/mol. The molecule has 2 aromatic carbocycles. The number of hydrogen-bond donors (Lipinski definition) is 2. The van der Waals surface area contributed by atoms with E-state index in [0.717, 1.165) is 19.3 Å². The number of carbonyl (C=O) groups excluding carboxylic acids is 2. The van der Waals surface area contributed by atoms with Crippen LogP contribution in [-0.4, -0.2) is 46.6 Å². The van der Waals surface area contributed by atoms with Gasteiger partial charge >= 0.3 is 5.97 Å². The third-order valence-electron chi connectivity index (χ3n) is 6.24. The van der Waals surface area contributed by atoms with Crippen molar-refractivity contribution in [1.82, 2.24) is 10.0 Å². The maximum Gasteiger partial charge on any atom is 0.324 e. The van der Waals surface area contributed by atoms with E-state index in [2.05, 4.69) is 22.2 Å². The normalized spacial score (nSPS) is 15.8. The first-order chi connectivity index (χ1) is 16.2. The summed E-state index contributed by atoms with van der Waals surface area (Å²) in [6.07, 6.45) is 3.07. The molecule has 0 spiro atoms. The Kier molecular flexibility index (Phi) is 8.33. The summed E-state index contributed by atoms with van der Waals surface area (Å²) in [7, 11) is -2.49. The molecule has 1 aliphatic rings. The first-order valence-corrected chi connectivity index (χ1v) is 12.8. The Labute approximate surface area is 201 Å². The van der Waals surface area contributed by atoms with Gasteiger partial charge < -0.3 is 14.8 Å². The summed E-state index contributed by atoms with van der Waals surface area (Å²) in [6, 6.07) is 14.7. The molecule has 0 bridgehead atoms. The summed E-state index contributed by atoms with van der Waals surface area (Å²) in [4.78, 5) is 25.0. The molecule has 1 amide bonds. The Bertz CT molecular complexity index is 1080. The number of amides is 1. The Morgan fingerprint density at radius 2 is 1.68 bits per heavy atom. The van der Waals surface area contributed by atoms with E-state index in [1.165, 1.54) is 36.9 Å². The predicted molar refractivity (Wildman–Crippen MR) is 128 cm³/mol. The molecule has 1 atom stereocenters. The van der Waals surface area contributed by atoms with Gasteiger partial charge in [-0.25, -0.2) is 8.42 Å². The standard InChI is InChI=1S/C25H32N2O6S/c1-18(2)23(27-34(30,31)21-12-10-20(32-3)11-13-21)24(29)33-16-22(28)26-17-25(14-7-15-25)19-8-5-4-6-9-19/h4-6,8-13,18,23,27H,7,14-17H2,1-3H3,(H,26,28)/t23-/m0/s1. The van der Waals surface area contributed by atoms with Crippen molar-refractivity contribution in [1.29, 1.82) is 0 Å². The summed E-state index contributed by atoms with van der Waals surface area (Å²) in [5, 5.41) is 2.87. The molecule has 9 heteroatoms. The van der Waals surface area contributed by atoms with Gasteiger partial charge in [-0.05, 0) is 48.6 Å². The molecule has 1 aliphatic carbocycles. The van der Waals surface area contributed by atoms with Gasteiger partial charge in [-0.1, -0.05) is 50.6 Å². The Morgan fingerprint density at radius 1 is 1.03 bits per heavy atom. The maximum absolute atomic E-state index is 12.7. The molecule has 0 radical (unpaired) electrons. The fraction of sp³-hybridized carbons (Fsp3) is 0.440. The third kappa shape index (κ3) is 6.15. The van der Waals surface area contributed by atoms with E-state index in [9.17, 15) is 18.0 Å². The SMILES string of the molecule is COc1ccc(S(=O)(=O)N[C@H](C(=O)OCC(=O)NCC2(c3ccccc3)CCC2)C(C)C)cc1. The molecule has 8 nitrogen and oxygen atoms in total. The highest BCUT2D eigenvalue weighted by Crippen LogP contribution is 2.43. The van der Waals surface area contributed by atoms with Gasteiger partial charge in [-0.2, -0.15) is 4.72 Å². The second kappa shape index (κ2) is 11.0. The van der Waals surface area contributed by atoms with Crippen molar-refractivity contribution in [2.75, 3.05) is 20.3 Å². The first-order valence-electron chi connectivity index (χ1n) is 11.3. The lowest BCUT2D eigenvalue weighted by Gasteiger charge is -2.42. The smallest absolute Gasteiger partial charge is 0.324 e. The number of esters is 1. The van der Waals surface area contributed by atoms with E-state index in [-0.39, 0.29) is 16.2 Å². The van der Waals surface area contributed by atoms with Crippen molar-refractivity contribution < 1.29 is 27.5 Å². The maximum atomic E-state index is 12.7. The number of hydrogen-bond acceptors (Lipinski definition) is 6. The van der Waals surface area contributed by atoms with Gasteiger partial charge in [0.2, 0.25) is 10.0 Å². The molecule has 1 saturated carbocycles. The molecule has 3 rings (SSSR count). The second-order valence-electron chi connectivity index (χ2n) is 8.90. The van der Waals surface area contributed by atoms with Crippen LogP contribution < -0.4 is 14.8 Å². The quantitative estimate of drug-likeness (QED) is 0.471. The Morgan fingerprint density at radius 3 is 2.21 bits per heavy atom. The molecular formula is C25H32N2O6S. The molecule has 184 valence electrons. The van der Waals surface area contributed by atoms with E-state index in [0.29, 0.717) is 12.3 Å². The second-order valence-corrected chi connectivity index (χ2v) is 10.6. The Hall–Kier alpha value is -2.91. The van der Waals surface area contributed by atoms with Crippen LogP contribution in [0.2, 0.25) is 0 Å². The van der Waals surface area contributed by atoms with Crippen molar-refractivity contribution in [2.24, 2.45) is 5.92 Å². The number of methoxy groups -OCH3 is 1. The fourth-order valence-corrected chi connectivity index (χ4v) is 5.29. The molecule has 2 aromatic rings. The zero-order chi connectivity index (χ0) is 24.8. The molecule has 2 N–H and O–H groups in total. The van der Waals surface area contributed by atoms with Crippen LogP contribution in [0.3, 0.4) is 0 Å². The van der Waals surface area contributed by atoms with Crippen LogP contribution in [-0.2, 0) is 29.8 Å². The van der Waals surface area contributed by atoms with E-state index < -0.39 is 34.5 Å². The van der Waals surface area contributed by atoms with Crippen LogP contribution in [0.1, 0.15) is 38.7 Å². The fourth-order valence-electron chi connectivity index (χ4n) is 3.95. The van der Waals surface area contributed by atoms with Crippen LogP contribution in [0, 0.1) is 5.92 Å². The van der Waals surface area contributed by atoms with E-state index >= 15 is 0 Å². The number of carbonyl (C=O) groups is 2. The van der Waals surface area contributed by atoms with Crippen molar-refractivity contribution in [3.05, 3.63) is 60.2 Å². The van der Waals surface area contributed by atoms with E-state index in [1.807, 2.05) is 18.2 Å². The third-order valence-corrected chi connectivity index (χ3v) is 7.70. The van der Waals surface area contributed by atoms with Crippen LogP contribution in [0.5, 0.6) is 5.75 Å². The minimum Gasteiger partial charge on any atom is -0.497 e. The van der Waals surface area contributed by atoms with Crippen LogP contribution in [0.25, 0.3) is 0 Å². The van der Waals surface area contributed by atoms with E-state index in [1.54, 1.807) is 13.8 Å². The lowest BCUT2D eigenvalue weighted by molar-refractivity contribution is -0.151.